The molecule has 0 fully saturated rings. The number of fused-ring (bicyclic) bond motifs is 1. The summed E-state index contributed by atoms with van der Waals surface area (Å²) in [7, 11) is -3.77. The molecule has 7 heteroatoms. The summed E-state index contributed by atoms with van der Waals surface area (Å²) in [4.78, 5) is 12.5. The molecule has 1 aliphatic heterocycles. The highest BCUT2D eigenvalue weighted by atomic mass is 32.2. The number of nitrogens with one attached hydrogen (secondary N) is 1. The van der Waals surface area contributed by atoms with Gasteiger partial charge >= 0.3 is 0 Å². The van der Waals surface area contributed by atoms with Gasteiger partial charge in [-0.1, -0.05) is 29.8 Å². The van der Waals surface area contributed by atoms with Gasteiger partial charge in [-0.05, 0) is 62.4 Å². The van der Waals surface area contributed by atoms with Crippen molar-refractivity contribution in [2.45, 2.75) is 24.8 Å². The van der Waals surface area contributed by atoms with Crippen LogP contribution in [-0.4, -0.2) is 27.0 Å². The van der Waals surface area contributed by atoms with Crippen LogP contribution >= 0.6 is 0 Å². The van der Waals surface area contributed by atoms with Gasteiger partial charge in [-0.3, -0.25) is 9.10 Å². The third-order valence-electron chi connectivity index (χ3n) is 4.90. The first-order chi connectivity index (χ1) is 14.3. The van der Waals surface area contributed by atoms with Crippen molar-refractivity contribution in [2.24, 2.45) is 0 Å². The van der Waals surface area contributed by atoms with E-state index < -0.39 is 10.0 Å². The Morgan fingerprint density at radius 1 is 1.00 bits per heavy atom. The van der Waals surface area contributed by atoms with Gasteiger partial charge in [0.1, 0.15) is 11.9 Å². The lowest BCUT2D eigenvalue weighted by Gasteiger charge is -2.34. The largest absolute Gasteiger partial charge is 0.487 e. The molecule has 30 heavy (non-hydrogen) atoms. The molecule has 3 aromatic carbocycles. The fourth-order valence-corrected chi connectivity index (χ4v) is 4.87. The van der Waals surface area contributed by atoms with Gasteiger partial charge in [0.25, 0.3) is 15.9 Å². The van der Waals surface area contributed by atoms with Crippen molar-refractivity contribution in [3.8, 4) is 5.75 Å². The lowest BCUT2D eigenvalue weighted by molar-refractivity contribution is 0.102. The highest BCUT2D eigenvalue weighted by molar-refractivity contribution is 7.92. The zero-order valence-electron chi connectivity index (χ0n) is 16.7. The second-order valence-corrected chi connectivity index (χ2v) is 9.14. The van der Waals surface area contributed by atoms with Crippen LogP contribution in [0.25, 0.3) is 0 Å². The van der Waals surface area contributed by atoms with E-state index in [1.54, 1.807) is 42.5 Å². The van der Waals surface area contributed by atoms with E-state index >= 15 is 0 Å². The standard InChI is InChI=1S/C23H22N2O4S/c1-16-7-9-18(10-8-16)23(26)24-19-11-13-20(14-12-19)30(27,28)25-15-17(2)29-22-6-4-3-5-21(22)25/h3-14,17H,15H2,1-2H3,(H,24,26)/t17-/m1/s1. The molecule has 0 radical (unpaired) electrons. The molecule has 0 aliphatic carbocycles. The van der Waals surface area contributed by atoms with Crippen molar-refractivity contribution in [3.05, 3.63) is 83.9 Å². The first kappa shape index (κ1) is 20.0. The zero-order valence-corrected chi connectivity index (χ0v) is 17.5. The maximum absolute atomic E-state index is 13.3. The van der Waals surface area contributed by atoms with E-state index in [-0.39, 0.29) is 23.5 Å². The monoisotopic (exact) mass is 422 g/mol. The van der Waals surface area contributed by atoms with Crippen LogP contribution in [0.1, 0.15) is 22.8 Å². The van der Waals surface area contributed by atoms with Crippen LogP contribution in [0.4, 0.5) is 11.4 Å². The van der Waals surface area contributed by atoms with Crippen molar-refractivity contribution in [1.29, 1.82) is 0 Å². The molecule has 0 aromatic heterocycles. The molecule has 154 valence electrons. The fraction of sp³-hybridized carbons (Fsp3) is 0.174. The number of hydrogen-bond acceptors (Lipinski definition) is 4. The summed E-state index contributed by atoms with van der Waals surface area (Å²) in [5.41, 5.74) is 2.65. The summed E-state index contributed by atoms with van der Waals surface area (Å²) in [6, 6.07) is 20.5. The van der Waals surface area contributed by atoms with Crippen LogP contribution in [0.5, 0.6) is 5.75 Å². The maximum atomic E-state index is 13.3. The fourth-order valence-electron chi connectivity index (χ4n) is 3.32. The first-order valence-corrected chi connectivity index (χ1v) is 11.0. The van der Waals surface area contributed by atoms with Crippen LogP contribution < -0.4 is 14.4 Å². The van der Waals surface area contributed by atoms with E-state index in [1.165, 1.54) is 16.4 Å². The second kappa shape index (κ2) is 7.84. The molecule has 1 N–H and O–H groups in total. The Hall–Kier alpha value is -3.32. The molecule has 0 saturated carbocycles. The Balaban J connectivity index is 1.56. The molecule has 0 spiro atoms. The third kappa shape index (κ3) is 3.89. The van der Waals surface area contributed by atoms with E-state index in [0.717, 1.165) is 5.56 Å². The van der Waals surface area contributed by atoms with Gasteiger partial charge in [0, 0.05) is 11.3 Å². The minimum Gasteiger partial charge on any atom is -0.487 e. The summed E-state index contributed by atoms with van der Waals surface area (Å²) >= 11 is 0. The smallest absolute Gasteiger partial charge is 0.264 e. The lowest BCUT2D eigenvalue weighted by atomic mass is 10.1. The topological polar surface area (TPSA) is 75.7 Å². The Bertz CT molecular complexity index is 1170. The number of benzene rings is 3. The number of rotatable bonds is 4. The Morgan fingerprint density at radius 3 is 2.37 bits per heavy atom. The van der Waals surface area contributed by atoms with Gasteiger partial charge in [-0.15, -0.1) is 0 Å². The minimum absolute atomic E-state index is 0.153. The van der Waals surface area contributed by atoms with Crippen molar-refractivity contribution >= 4 is 27.3 Å². The van der Waals surface area contributed by atoms with Crippen LogP contribution in [0, 0.1) is 6.92 Å². The predicted octanol–water partition coefficient (Wildman–Crippen LogP) is 4.22. The number of hydrogen-bond donors (Lipinski definition) is 1. The highest BCUT2D eigenvalue weighted by Gasteiger charge is 2.32. The van der Waals surface area contributed by atoms with Gasteiger partial charge < -0.3 is 10.1 Å². The summed E-state index contributed by atoms with van der Waals surface area (Å²) in [6.07, 6.45) is -0.261. The third-order valence-corrected chi connectivity index (χ3v) is 6.69. The molecule has 0 bridgehead atoms. The summed E-state index contributed by atoms with van der Waals surface area (Å²) in [5.74, 6) is 0.295. The number of para-hydroxylation sites is 2. The number of carbonyl (C=O) groups excluding carboxylic acids is 1. The summed E-state index contributed by atoms with van der Waals surface area (Å²) < 4.78 is 33.7. The van der Waals surface area contributed by atoms with Gasteiger partial charge in [0.15, 0.2) is 0 Å². The van der Waals surface area contributed by atoms with Crippen LogP contribution in [0.2, 0.25) is 0 Å². The molecule has 1 heterocycles. The summed E-state index contributed by atoms with van der Waals surface area (Å²) in [6.45, 7) is 4.02. The summed E-state index contributed by atoms with van der Waals surface area (Å²) in [5, 5.41) is 2.79. The molecule has 3 aromatic rings. The van der Waals surface area contributed by atoms with Gasteiger partial charge in [-0.2, -0.15) is 0 Å². The van der Waals surface area contributed by atoms with Crippen LogP contribution in [-0.2, 0) is 10.0 Å². The predicted molar refractivity (Wildman–Crippen MR) is 117 cm³/mol. The molecule has 1 amide bonds. The Kier molecular flexibility index (Phi) is 5.22. The Labute approximate surface area is 176 Å². The lowest BCUT2D eigenvalue weighted by Crippen LogP contribution is -2.42. The SMILES string of the molecule is Cc1ccc(C(=O)Nc2ccc(S(=O)(=O)N3C[C@@H](C)Oc4ccccc43)cc2)cc1. The molecule has 6 nitrogen and oxygen atoms in total. The molecular formula is C23H22N2O4S. The van der Waals surface area contributed by atoms with Crippen LogP contribution in [0.3, 0.4) is 0 Å². The van der Waals surface area contributed by atoms with Crippen molar-refractivity contribution in [2.75, 3.05) is 16.2 Å². The van der Waals surface area contributed by atoms with Crippen molar-refractivity contribution in [3.63, 3.8) is 0 Å². The minimum atomic E-state index is -3.77. The Morgan fingerprint density at radius 2 is 1.67 bits per heavy atom. The van der Waals surface area contributed by atoms with Crippen molar-refractivity contribution < 1.29 is 17.9 Å². The quantitative estimate of drug-likeness (QED) is 0.683. The number of sulfonamides is 1. The van der Waals surface area contributed by atoms with Gasteiger partial charge in [-0.25, -0.2) is 8.42 Å². The first-order valence-electron chi connectivity index (χ1n) is 9.61. The van der Waals surface area contributed by atoms with E-state index in [4.69, 9.17) is 4.74 Å². The maximum Gasteiger partial charge on any atom is 0.264 e. The molecule has 1 atom stereocenters. The number of amides is 1. The molecular weight excluding hydrogens is 400 g/mol. The number of anilines is 2. The van der Waals surface area contributed by atoms with E-state index in [0.29, 0.717) is 22.7 Å². The second-order valence-electron chi connectivity index (χ2n) is 7.28. The number of carbonyl (C=O) groups is 1. The molecule has 0 saturated heterocycles. The molecule has 1 aliphatic rings. The average molecular weight is 423 g/mol. The molecule has 4 rings (SSSR count). The van der Waals surface area contributed by atoms with Gasteiger partial charge in [0.2, 0.25) is 0 Å². The number of aryl methyl sites for hydroxylation is 1. The van der Waals surface area contributed by atoms with E-state index in [1.807, 2.05) is 32.0 Å². The average Bonchev–Trinajstić information content (AvgIpc) is 2.74. The van der Waals surface area contributed by atoms with Crippen LogP contribution in [0.15, 0.2) is 77.7 Å². The highest BCUT2D eigenvalue weighted by Crippen LogP contribution is 2.36. The zero-order chi connectivity index (χ0) is 21.3. The normalized spacial score (nSPS) is 15.8. The number of nitrogens with zero attached hydrogens (tertiary/aromatic N) is 1. The number of ether oxygens (including phenoxy) is 1. The van der Waals surface area contributed by atoms with Crippen molar-refractivity contribution in [1.82, 2.24) is 0 Å². The van der Waals surface area contributed by atoms with Gasteiger partial charge in [0.05, 0.1) is 17.1 Å². The van der Waals surface area contributed by atoms with E-state index in [2.05, 4.69) is 5.32 Å². The van der Waals surface area contributed by atoms with E-state index in [9.17, 15) is 13.2 Å². The molecule has 0 unspecified atom stereocenters.